The number of nitrogens with two attached hydrogens (primary N) is 1. The Kier molecular flexibility index (Phi) is 4.49. The molecule has 0 aliphatic carbocycles. The highest BCUT2D eigenvalue weighted by molar-refractivity contribution is 5.92. The van der Waals surface area contributed by atoms with E-state index < -0.39 is 0 Å². The number of likely N-dealkylation sites (N-methyl/N-ethyl adjacent to an activating group) is 1. The van der Waals surface area contributed by atoms with Crippen LogP contribution in [0.15, 0.2) is 18.2 Å². The average Bonchev–Trinajstić information content (AvgIpc) is 2.40. The van der Waals surface area contributed by atoms with E-state index in [2.05, 4.69) is 23.8 Å². The Bertz CT molecular complexity index is 490. The molecule has 1 saturated heterocycles. The van der Waals surface area contributed by atoms with Crippen molar-refractivity contribution in [3.63, 3.8) is 0 Å². The van der Waals surface area contributed by atoms with Gasteiger partial charge in [-0.3, -0.25) is 0 Å². The molecule has 0 saturated carbocycles. The fourth-order valence-electron chi connectivity index (χ4n) is 2.63. The predicted octanol–water partition coefficient (Wildman–Crippen LogP) is 1.59. The zero-order valence-corrected chi connectivity index (χ0v) is 12.4. The van der Waals surface area contributed by atoms with Crippen molar-refractivity contribution < 1.29 is 9.53 Å². The second-order valence-corrected chi connectivity index (χ2v) is 5.30. The standard InChI is InChI=1S/C15H23N3O2/c1-4-20-15(19)12-5-6-13(16)14(9-12)18-8-7-17(3)10-11(18)2/h5-6,9,11H,4,7-8,10,16H2,1-3H3. The van der Waals surface area contributed by atoms with Gasteiger partial charge in [-0.1, -0.05) is 0 Å². The fraction of sp³-hybridized carbons (Fsp3) is 0.533. The molecule has 110 valence electrons. The summed E-state index contributed by atoms with van der Waals surface area (Å²) < 4.78 is 5.05. The summed E-state index contributed by atoms with van der Waals surface area (Å²) in [6.45, 7) is 7.25. The number of carbonyl (C=O) groups is 1. The molecule has 20 heavy (non-hydrogen) atoms. The summed E-state index contributed by atoms with van der Waals surface area (Å²) in [5.74, 6) is -0.296. The minimum atomic E-state index is -0.296. The average molecular weight is 277 g/mol. The van der Waals surface area contributed by atoms with Gasteiger partial charge in [0.2, 0.25) is 0 Å². The van der Waals surface area contributed by atoms with Crippen LogP contribution >= 0.6 is 0 Å². The molecule has 2 N–H and O–H groups in total. The van der Waals surface area contributed by atoms with Gasteiger partial charge in [-0.05, 0) is 39.1 Å². The normalized spacial score (nSPS) is 19.9. The van der Waals surface area contributed by atoms with E-state index in [0.29, 0.717) is 23.9 Å². The van der Waals surface area contributed by atoms with E-state index >= 15 is 0 Å². The van der Waals surface area contributed by atoms with Gasteiger partial charge < -0.3 is 20.3 Å². The Morgan fingerprint density at radius 3 is 2.85 bits per heavy atom. The maximum absolute atomic E-state index is 11.8. The molecule has 0 amide bonds. The number of anilines is 2. The minimum absolute atomic E-state index is 0.296. The number of nitrogen functional groups attached to an aromatic ring is 1. The second-order valence-electron chi connectivity index (χ2n) is 5.30. The highest BCUT2D eigenvalue weighted by Crippen LogP contribution is 2.28. The second kappa shape index (κ2) is 6.13. The van der Waals surface area contributed by atoms with Crippen molar-refractivity contribution in [1.82, 2.24) is 4.90 Å². The number of nitrogens with zero attached hydrogens (tertiary/aromatic N) is 2. The summed E-state index contributed by atoms with van der Waals surface area (Å²) in [4.78, 5) is 16.4. The van der Waals surface area contributed by atoms with Gasteiger partial charge in [0.1, 0.15) is 0 Å². The van der Waals surface area contributed by atoms with Crippen LogP contribution in [0.2, 0.25) is 0 Å². The third-order valence-corrected chi connectivity index (χ3v) is 3.68. The number of esters is 1. The topological polar surface area (TPSA) is 58.8 Å². The lowest BCUT2D eigenvalue weighted by molar-refractivity contribution is 0.0526. The first-order chi connectivity index (χ1) is 9.52. The van der Waals surface area contributed by atoms with E-state index in [9.17, 15) is 4.79 Å². The van der Waals surface area contributed by atoms with Crippen LogP contribution < -0.4 is 10.6 Å². The van der Waals surface area contributed by atoms with Crippen LogP contribution in [-0.2, 0) is 4.74 Å². The lowest BCUT2D eigenvalue weighted by atomic mass is 10.1. The number of hydrogen-bond donors (Lipinski definition) is 1. The predicted molar refractivity (Wildman–Crippen MR) is 81.1 cm³/mol. The van der Waals surface area contributed by atoms with E-state index in [-0.39, 0.29) is 5.97 Å². The van der Waals surface area contributed by atoms with E-state index in [4.69, 9.17) is 10.5 Å². The molecule has 0 aromatic heterocycles. The lowest BCUT2D eigenvalue weighted by Crippen LogP contribution is -2.50. The van der Waals surface area contributed by atoms with Crippen LogP contribution in [0.1, 0.15) is 24.2 Å². The van der Waals surface area contributed by atoms with Gasteiger partial charge in [-0.15, -0.1) is 0 Å². The Morgan fingerprint density at radius 2 is 2.20 bits per heavy atom. The number of benzene rings is 1. The Labute approximate surface area is 120 Å². The van der Waals surface area contributed by atoms with Crippen LogP contribution in [0, 0.1) is 0 Å². The van der Waals surface area contributed by atoms with Crippen LogP contribution in [0.5, 0.6) is 0 Å². The number of rotatable bonds is 3. The molecule has 1 aliphatic heterocycles. The van der Waals surface area contributed by atoms with Gasteiger partial charge >= 0.3 is 5.97 Å². The highest BCUT2D eigenvalue weighted by Gasteiger charge is 2.24. The van der Waals surface area contributed by atoms with E-state index in [1.165, 1.54) is 0 Å². The number of hydrogen-bond acceptors (Lipinski definition) is 5. The molecule has 1 aromatic rings. The number of piperazine rings is 1. The maximum Gasteiger partial charge on any atom is 0.338 e. The first kappa shape index (κ1) is 14.7. The SMILES string of the molecule is CCOC(=O)c1ccc(N)c(N2CCN(C)CC2C)c1. The first-order valence-corrected chi connectivity index (χ1v) is 7.04. The molecule has 1 aliphatic rings. The quantitative estimate of drug-likeness (QED) is 0.671. The summed E-state index contributed by atoms with van der Waals surface area (Å²) in [5, 5.41) is 0. The Balaban J connectivity index is 2.26. The zero-order chi connectivity index (χ0) is 14.7. The number of carbonyl (C=O) groups excluding carboxylic acids is 1. The van der Waals surface area contributed by atoms with Gasteiger partial charge in [0, 0.05) is 25.7 Å². The molecule has 5 heteroatoms. The van der Waals surface area contributed by atoms with Crippen molar-refractivity contribution in [2.24, 2.45) is 0 Å². The molecule has 1 fully saturated rings. The van der Waals surface area contributed by atoms with Gasteiger partial charge in [0.25, 0.3) is 0 Å². The van der Waals surface area contributed by atoms with Crippen LogP contribution in [0.4, 0.5) is 11.4 Å². The molecule has 1 aromatic carbocycles. The summed E-state index contributed by atoms with van der Waals surface area (Å²) >= 11 is 0. The molecule has 0 spiro atoms. The molecule has 1 unspecified atom stereocenters. The van der Waals surface area contributed by atoms with Crippen molar-refractivity contribution in [1.29, 1.82) is 0 Å². The molecule has 1 atom stereocenters. The van der Waals surface area contributed by atoms with Crippen molar-refractivity contribution >= 4 is 17.3 Å². The highest BCUT2D eigenvalue weighted by atomic mass is 16.5. The maximum atomic E-state index is 11.8. The zero-order valence-electron chi connectivity index (χ0n) is 12.4. The fourth-order valence-corrected chi connectivity index (χ4v) is 2.63. The van der Waals surface area contributed by atoms with E-state index in [0.717, 1.165) is 25.3 Å². The largest absolute Gasteiger partial charge is 0.462 e. The van der Waals surface area contributed by atoms with Crippen LogP contribution in [-0.4, -0.2) is 50.2 Å². The Morgan fingerprint density at radius 1 is 1.45 bits per heavy atom. The van der Waals surface area contributed by atoms with Crippen LogP contribution in [0.3, 0.4) is 0 Å². The summed E-state index contributed by atoms with van der Waals surface area (Å²) in [6, 6.07) is 5.72. The third kappa shape index (κ3) is 3.04. The lowest BCUT2D eigenvalue weighted by Gasteiger charge is -2.40. The van der Waals surface area contributed by atoms with E-state index in [1.54, 1.807) is 19.1 Å². The van der Waals surface area contributed by atoms with Crippen molar-refractivity contribution in [3.05, 3.63) is 23.8 Å². The first-order valence-electron chi connectivity index (χ1n) is 7.04. The Hall–Kier alpha value is -1.75. The van der Waals surface area contributed by atoms with E-state index in [1.807, 2.05) is 6.07 Å². The van der Waals surface area contributed by atoms with Gasteiger partial charge in [0.05, 0.1) is 23.5 Å². The van der Waals surface area contributed by atoms with Crippen LogP contribution in [0.25, 0.3) is 0 Å². The third-order valence-electron chi connectivity index (χ3n) is 3.68. The summed E-state index contributed by atoms with van der Waals surface area (Å²) in [6.07, 6.45) is 0. The van der Waals surface area contributed by atoms with Crippen molar-refractivity contribution in [2.75, 3.05) is 43.9 Å². The minimum Gasteiger partial charge on any atom is -0.462 e. The summed E-state index contributed by atoms with van der Waals surface area (Å²) in [7, 11) is 2.12. The molecular weight excluding hydrogens is 254 g/mol. The van der Waals surface area contributed by atoms with Crippen molar-refractivity contribution in [2.45, 2.75) is 19.9 Å². The van der Waals surface area contributed by atoms with Gasteiger partial charge in [-0.2, -0.15) is 0 Å². The van der Waals surface area contributed by atoms with Crippen molar-refractivity contribution in [3.8, 4) is 0 Å². The molecule has 5 nitrogen and oxygen atoms in total. The molecular formula is C15H23N3O2. The monoisotopic (exact) mass is 277 g/mol. The number of ether oxygens (including phenoxy) is 1. The molecule has 1 heterocycles. The molecule has 0 bridgehead atoms. The smallest absolute Gasteiger partial charge is 0.338 e. The van der Waals surface area contributed by atoms with Gasteiger partial charge in [-0.25, -0.2) is 4.79 Å². The van der Waals surface area contributed by atoms with Gasteiger partial charge in [0.15, 0.2) is 0 Å². The summed E-state index contributed by atoms with van der Waals surface area (Å²) in [5.41, 5.74) is 8.27. The molecule has 2 rings (SSSR count). The molecule has 0 radical (unpaired) electrons.